The largest absolute Gasteiger partial charge is 0.457 e. The van der Waals surface area contributed by atoms with Crippen molar-refractivity contribution < 1.29 is 19.1 Å². The van der Waals surface area contributed by atoms with Crippen LogP contribution in [0.15, 0.2) is 170 Å². The molecule has 2 aromatic heterocycles. The minimum Gasteiger partial charge on any atom is -0.457 e. The number of nitrogens with two attached hydrogens (primary N) is 2. The van der Waals surface area contributed by atoms with Crippen LogP contribution < -0.4 is 31.6 Å². The van der Waals surface area contributed by atoms with Gasteiger partial charge in [0.25, 0.3) is 5.91 Å². The molecule has 8 N–H and O–H groups in total. The van der Waals surface area contributed by atoms with Crippen LogP contribution in [0.4, 0.5) is 22.7 Å². The summed E-state index contributed by atoms with van der Waals surface area (Å²) in [5.41, 5.74) is 26.1. The normalized spacial score (nSPS) is 10.9. The predicted octanol–water partition coefficient (Wildman–Crippen LogP) is 13.0. The van der Waals surface area contributed by atoms with Gasteiger partial charge in [-0.3, -0.25) is 9.59 Å². The van der Waals surface area contributed by atoms with Crippen LogP contribution in [0.5, 0.6) is 23.0 Å². The Balaban J connectivity index is 0.000000170. The van der Waals surface area contributed by atoms with Crippen LogP contribution in [0.1, 0.15) is 39.0 Å². The topological polar surface area (TPSA) is 186 Å². The second-order valence-corrected chi connectivity index (χ2v) is 16.3. The number of amides is 1. The lowest BCUT2D eigenvalue weighted by molar-refractivity contribution is 0.101. The molecule has 8 aromatic carbocycles. The van der Waals surface area contributed by atoms with Crippen molar-refractivity contribution in [1.82, 2.24) is 19.9 Å². The summed E-state index contributed by atoms with van der Waals surface area (Å²) in [4.78, 5) is 40.2. The number of anilines is 4. The van der Waals surface area contributed by atoms with E-state index in [4.69, 9.17) is 25.9 Å². The van der Waals surface area contributed by atoms with Crippen molar-refractivity contribution >= 4 is 56.5 Å². The quantitative estimate of drug-likeness (QED) is 0.0543. The Morgan fingerprint density at radius 2 is 0.941 bits per heavy atom. The van der Waals surface area contributed by atoms with E-state index in [2.05, 4.69) is 68.9 Å². The van der Waals surface area contributed by atoms with Gasteiger partial charge in [-0.25, -0.2) is 9.97 Å². The molecule has 0 aliphatic carbocycles. The van der Waals surface area contributed by atoms with Gasteiger partial charge in [0.15, 0.2) is 5.78 Å². The van der Waals surface area contributed by atoms with E-state index < -0.39 is 0 Å². The zero-order valence-corrected chi connectivity index (χ0v) is 37.8. The summed E-state index contributed by atoms with van der Waals surface area (Å²) >= 11 is 0. The Morgan fingerprint density at radius 3 is 1.47 bits per heavy atom. The molecule has 10 aromatic rings. The van der Waals surface area contributed by atoms with E-state index in [1.807, 2.05) is 86.8 Å². The highest BCUT2D eigenvalue weighted by atomic mass is 16.5. The summed E-state index contributed by atoms with van der Waals surface area (Å²) in [7, 11) is 1.82. The van der Waals surface area contributed by atoms with Gasteiger partial charge in [0.2, 0.25) is 0 Å². The average molecular weight is 897 g/mol. The predicted molar refractivity (Wildman–Crippen MR) is 274 cm³/mol. The number of imidazole rings is 2. The molecule has 1 amide bonds. The summed E-state index contributed by atoms with van der Waals surface area (Å²) in [6.07, 6.45) is 0. The Hall–Kier alpha value is -9.16. The fraction of sp³-hybridized carbons (Fsp3) is 0.0714. The number of benzene rings is 8. The number of aromatic amines is 2. The average Bonchev–Trinajstić information content (AvgIpc) is 3.96. The number of nitrogens with zero attached hydrogens (tertiary/aromatic N) is 2. The zero-order valence-electron chi connectivity index (χ0n) is 37.8. The number of nitrogen functional groups attached to an aromatic ring is 2. The molecular weight excluding hydrogens is 849 g/mol. The van der Waals surface area contributed by atoms with Crippen molar-refractivity contribution in [2.24, 2.45) is 0 Å². The van der Waals surface area contributed by atoms with Gasteiger partial charge in [0, 0.05) is 23.7 Å². The maximum Gasteiger partial charge on any atom is 0.255 e. The first-order valence-corrected chi connectivity index (χ1v) is 21.9. The number of Topliss-reactive ketones (excluding diaryl/α,β-unsaturated/α-hetero) is 1. The molecule has 0 spiro atoms. The summed E-state index contributed by atoms with van der Waals surface area (Å²) in [5, 5.41) is 5.89. The monoisotopic (exact) mass is 896 g/mol. The molecule has 0 aliphatic rings. The number of aryl methyl sites for hydroxylation is 2. The number of fused-ring (bicyclic) bond motifs is 2. The Labute approximate surface area is 393 Å². The molecule has 10 rings (SSSR count). The summed E-state index contributed by atoms with van der Waals surface area (Å²) in [5.74, 6) is 4.26. The summed E-state index contributed by atoms with van der Waals surface area (Å²) in [6, 6.07) is 53.5. The number of ether oxygens (including phenoxy) is 2. The minimum absolute atomic E-state index is 0.00456. The number of hydrogen-bond acceptors (Lipinski definition) is 9. The lowest BCUT2D eigenvalue weighted by Crippen LogP contribution is -2.13. The van der Waals surface area contributed by atoms with Crippen LogP contribution in [0.2, 0.25) is 0 Å². The second kappa shape index (κ2) is 19.1. The maximum absolute atomic E-state index is 12.7. The molecule has 0 atom stereocenters. The van der Waals surface area contributed by atoms with Gasteiger partial charge < -0.3 is 41.5 Å². The number of carbonyl (C=O) groups excluding carboxylic acids is 2. The van der Waals surface area contributed by atoms with Crippen molar-refractivity contribution in [1.29, 1.82) is 0 Å². The first kappa shape index (κ1) is 44.1. The van der Waals surface area contributed by atoms with Gasteiger partial charge >= 0.3 is 0 Å². The number of hydrogen-bond donors (Lipinski definition) is 6. The zero-order chi connectivity index (χ0) is 47.3. The summed E-state index contributed by atoms with van der Waals surface area (Å²) < 4.78 is 11.7. The van der Waals surface area contributed by atoms with Gasteiger partial charge in [-0.2, -0.15) is 0 Å². The van der Waals surface area contributed by atoms with E-state index in [0.29, 0.717) is 39.7 Å². The van der Waals surface area contributed by atoms with E-state index >= 15 is 0 Å². The van der Waals surface area contributed by atoms with E-state index in [1.165, 1.54) is 12.5 Å². The van der Waals surface area contributed by atoms with Gasteiger partial charge in [0.05, 0.1) is 44.8 Å². The fourth-order valence-corrected chi connectivity index (χ4v) is 7.65. The highest BCUT2D eigenvalue weighted by Crippen LogP contribution is 2.33. The fourth-order valence-electron chi connectivity index (χ4n) is 7.65. The molecule has 0 aliphatic heterocycles. The van der Waals surface area contributed by atoms with E-state index in [9.17, 15) is 9.59 Å². The van der Waals surface area contributed by atoms with Crippen molar-refractivity contribution in [2.45, 2.75) is 20.8 Å². The molecule has 12 nitrogen and oxygen atoms in total. The highest BCUT2D eigenvalue weighted by Gasteiger charge is 2.13. The molecule has 0 bridgehead atoms. The minimum atomic E-state index is -0.288. The van der Waals surface area contributed by atoms with Crippen LogP contribution >= 0.6 is 0 Å². The van der Waals surface area contributed by atoms with Crippen molar-refractivity contribution in [2.75, 3.05) is 29.1 Å². The van der Waals surface area contributed by atoms with Crippen LogP contribution in [0.25, 0.3) is 55.7 Å². The number of H-pyrrole nitrogens is 2. The molecule has 0 unspecified atom stereocenters. The number of ketones is 1. The lowest BCUT2D eigenvalue weighted by atomic mass is 10.0. The maximum atomic E-state index is 12.7. The van der Waals surface area contributed by atoms with Crippen molar-refractivity contribution in [3.63, 3.8) is 0 Å². The highest BCUT2D eigenvalue weighted by molar-refractivity contribution is 6.06. The third kappa shape index (κ3) is 10.0. The molecule has 336 valence electrons. The number of nitrogens with one attached hydrogen (secondary N) is 4. The third-order valence-electron chi connectivity index (χ3n) is 11.4. The Kier molecular flexibility index (Phi) is 12.4. The third-order valence-corrected chi connectivity index (χ3v) is 11.4. The molecular formula is C56H48N8O4. The van der Waals surface area contributed by atoms with Crippen LogP contribution in [0.3, 0.4) is 0 Å². The molecule has 0 fully saturated rings. The molecule has 0 radical (unpaired) electrons. The molecule has 2 heterocycles. The van der Waals surface area contributed by atoms with Gasteiger partial charge in [-0.05, 0) is 176 Å². The molecule has 12 heteroatoms. The second-order valence-electron chi connectivity index (χ2n) is 16.3. The lowest BCUT2D eigenvalue weighted by Gasteiger charge is -2.12. The van der Waals surface area contributed by atoms with Gasteiger partial charge in [-0.15, -0.1) is 0 Å². The Morgan fingerprint density at radius 1 is 0.500 bits per heavy atom. The van der Waals surface area contributed by atoms with E-state index in [1.54, 1.807) is 60.7 Å². The smallest absolute Gasteiger partial charge is 0.255 e. The molecule has 0 saturated carbocycles. The van der Waals surface area contributed by atoms with Gasteiger partial charge in [0.1, 0.15) is 34.6 Å². The number of rotatable bonds is 11. The van der Waals surface area contributed by atoms with Crippen LogP contribution in [-0.4, -0.2) is 38.7 Å². The van der Waals surface area contributed by atoms with E-state index in [-0.39, 0.29) is 11.7 Å². The molecule has 0 saturated heterocycles. The standard InChI is InChI=1S/C28H26N4O3.C28H22N4O/c1-17(33)18-3-9-22(10-4-18)35-23-11-5-19(6-12-23)28(34)32-27-14-8-21(16-25(27)30)20-7-13-26(31-2)24(29)15-20;1-17-3-9-22(10-4-17)33-23-11-5-19(6-12-23)28-31-25-14-8-21(16-27(25)32-28)20-7-13-24-26(15-20)30-18(2)29-24/h3-16,31H,29-30H2,1-2H3,(H,32,34);3-16H,1-2H3,(H,29,30)(H,31,32). The number of carbonyl (C=O) groups is 2. The van der Waals surface area contributed by atoms with Crippen LogP contribution in [-0.2, 0) is 0 Å². The van der Waals surface area contributed by atoms with Gasteiger partial charge in [-0.1, -0.05) is 42.0 Å². The SMILES string of the molecule is CNc1ccc(-c2ccc(NC(=O)c3ccc(Oc4ccc(C(C)=O)cc4)cc3)c(N)c2)cc1N.Cc1ccc(Oc2ccc(-c3nc4ccc(-c5ccc6nc(C)[nH]c6c5)cc4[nH]3)cc2)cc1. The Bertz CT molecular complexity index is 3430. The summed E-state index contributed by atoms with van der Waals surface area (Å²) in [6.45, 7) is 5.55. The van der Waals surface area contributed by atoms with E-state index in [0.717, 1.165) is 78.7 Å². The first-order chi connectivity index (χ1) is 32.9. The van der Waals surface area contributed by atoms with Crippen molar-refractivity contribution in [3.05, 3.63) is 192 Å². The molecule has 68 heavy (non-hydrogen) atoms. The van der Waals surface area contributed by atoms with Crippen molar-refractivity contribution in [3.8, 4) is 56.6 Å². The first-order valence-electron chi connectivity index (χ1n) is 21.9. The number of aromatic nitrogens is 4. The van der Waals surface area contributed by atoms with Crippen LogP contribution in [0, 0.1) is 13.8 Å².